The molecule has 0 aliphatic carbocycles. The van der Waals surface area contributed by atoms with E-state index in [0.717, 1.165) is 12.1 Å². The van der Waals surface area contributed by atoms with Crippen molar-refractivity contribution in [3.8, 4) is 0 Å². The highest BCUT2D eigenvalue weighted by molar-refractivity contribution is 5.68. The molecule has 1 N–H and O–H groups in total. The molecule has 0 spiro atoms. The molecule has 0 bridgehead atoms. The third-order valence-electron chi connectivity index (χ3n) is 2.70. The van der Waals surface area contributed by atoms with E-state index in [1.54, 1.807) is 20.8 Å². The van der Waals surface area contributed by atoms with E-state index in [0.29, 0.717) is 5.56 Å². The summed E-state index contributed by atoms with van der Waals surface area (Å²) in [7, 11) is 0. The van der Waals surface area contributed by atoms with E-state index in [2.05, 4.69) is 5.32 Å². The number of alkyl carbamates (subject to hydrolysis) is 1. The second-order valence-corrected chi connectivity index (χ2v) is 6.00. The van der Waals surface area contributed by atoms with Crippen molar-refractivity contribution in [2.24, 2.45) is 0 Å². The average molecular weight is 333 g/mol. The molecule has 23 heavy (non-hydrogen) atoms. The van der Waals surface area contributed by atoms with Crippen LogP contribution >= 0.6 is 0 Å². The number of ether oxygens (including phenoxy) is 1. The summed E-state index contributed by atoms with van der Waals surface area (Å²) in [4.78, 5) is 11.5. The maximum absolute atomic E-state index is 12.9. The highest BCUT2D eigenvalue weighted by Crippen LogP contribution is 2.29. The zero-order chi connectivity index (χ0) is 17.7. The Labute approximate surface area is 132 Å². The smallest absolute Gasteiger partial charge is 0.416 e. The quantitative estimate of drug-likeness (QED) is 0.816. The molecular formula is C16H19F4NO2. The highest BCUT2D eigenvalue weighted by Gasteiger charge is 2.30. The lowest BCUT2D eigenvalue weighted by molar-refractivity contribution is -0.137. The first kappa shape index (κ1) is 19.0. The van der Waals surface area contributed by atoms with Gasteiger partial charge in [0.15, 0.2) is 0 Å². The maximum atomic E-state index is 12.9. The number of nitrogens with one attached hydrogen (secondary N) is 1. The SMILES string of the molecule is CC(C)(C)OC(=O)NC/C(=C\F)Cc1cccc(C(F)(F)F)c1. The molecule has 0 radical (unpaired) electrons. The molecular weight excluding hydrogens is 314 g/mol. The molecule has 1 aromatic carbocycles. The van der Waals surface area contributed by atoms with Crippen LogP contribution in [0.2, 0.25) is 0 Å². The lowest BCUT2D eigenvalue weighted by atomic mass is 10.0. The van der Waals surface area contributed by atoms with Gasteiger partial charge in [0.05, 0.1) is 11.9 Å². The Morgan fingerprint density at radius 2 is 1.91 bits per heavy atom. The topological polar surface area (TPSA) is 38.3 Å². The van der Waals surface area contributed by atoms with E-state index in [4.69, 9.17) is 4.74 Å². The van der Waals surface area contributed by atoms with E-state index in [1.807, 2.05) is 0 Å². The number of halogens is 4. The van der Waals surface area contributed by atoms with Crippen molar-refractivity contribution in [3.05, 3.63) is 47.3 Å². The lowest BCUT2D eigenvalue weighted by Gasteiger charge is -2.20. The molecule has 0 heterocycles. The van der Waals surface area contributed by atoms with Gasteiger partial charge in [-0.25, -0.2) is 9.18 Å². The van der Waals surface area contributed by atoms with Gasteiger partial charge < -0.3 is 10.1 Å². The van der Waals surface area contributed by atoms with Gasteiger partial charge in [-0.2, -0.15) is 13.2 Å². The molecule has 0 fully saturated rings. The maximum Gasteiger partial charge on any atom is 0.416 e. The van der Waals surface area contributed by atoms with Crippen LogP contribution in [0.1, 0.15) is 31.9 Å². The highest BCUT2D eigenvalue weighted by atomic mass is 19.4. The number of benzene rings is 1. The van der Waals surface area contributed by atoms with Gasteiger partial charge >= 0.3 is 12.3 Å². The van der Waals surface area contributed by atoms with Crippen LogP contribution in [0, 0.1) is 0 Å². The van der Waals surface area contributed by atoms with Crippen LogP contribution in [-0.4, -0.2) is 18.2 Å². The van der Waals surface area contributed by atoms with E-state index < -0.39 is 23.4 Å². The minimum absolute atomic E-state index is 0.0454. The second kappa shape index (κ2) is 7.48. The minimum atomic E-state index is -4.45. The number of amides is 1. The largest absolute Gasteiger partial charge is 0.444 e. The molecule has 1 rings (SSSR count). The van der Waals surface area contributed by atoms with Gasteiger partial charge in [-0.05, 0) is 44.4 Å². The molecule has 0 unspecified atom stereocenters. The van der Waals surface area contributed by atoms with Crippen molar-refractivity contribution >= 4 is 6.09 Å². The fraction of sp³-hybridized carbons (Fsp3) is 0.438. The van der Waals surface area contributed by atoms with E-state index >= 15 is 0 Å². The molecule has 0 aromatic heterocycles. The summed E-state index contributed by atoms with van der Waals surface area (Å²) in [6.07, 6.45) is -4.95. The Bertz CT molecular complexity index is 574. The monoisotopic (exact) mass is 333 g/mol. The standard InChI is InChI=1S/C16H19F4NO2/c1-15(2,3)23-14(22)21-10-12(9-17)7-11-5-4-6-13(8-11)16(18,19)20/h4-6,8-9H,7,10H2,1-3H3,(H,21,22)/b12-9-. The molecule has 0 saturated heterocycles. The normalized spacial score (nSPS) is 12.9. The third kappa shape index (κ3) is 7.17. The first-order chi connectivity index (χ1) is 10.5. The van der Waals surface area contributed by atoms with Crippen LogP contribution in [0.3, 0.4) is 0 Å². The number of alkyl halides is 3. The number of hydrogen-bond acceptors (Lipinski definition) is 2. The summed E-state index contributed by atoms with van der Waals surface area (Å²) in [6, 6.07) is 4.62. The summed E-state index contributed by atoms with van der Waals surface area (Å²) < 4.78 is 55.8. The van der Waals surface area contributed by atoms with Crippen molar-refractivity contribution < 1.29 is 27.1 Å². The number of hydrogen-bond donors (Lipinski definition) is 1. The van der Waals surface area contributed by atoms with Gasteiger partial charge in [-0.1, -0.05) is 18.2 Å². The van der Waals surface area contributed by atoms with Crippen LogP contribution < -0.4 is 5.32 Å². The molecule has 0 aliphatic heterocycles. The summed E-state index contributed by atoms with van der Waals surface area (Å²) in [5.41, 5.74) is -1.05. The Morgan fingerprint density at radius 1 is 1.26 bits per heavy atom. The predicted molar refractivity (Wildman–Crippen MR) is 78.6 cm³/mol. The molecule has 0 saturated carbocycles. The van der Waals surface area contributed by atoms with Crippen molar-refractivity contribution in [1.29, 1.82) is 0 Å². The van der Waals surface area contributed by atoms with Crippen molar-refractivity contribution in [3.63, 3.8) is 0 Å². The Balaban J connectivity index is 2.66. The molecule has 7 heteroatoms. The van der Waals surface area contributed by atoms with Gasteiger partial charge in [0, 0.05) is 6.54 Å². The van der Waals surface area contributed by atoms with E-state index in [-0.39, 0.29) is 24.9 Å². The van der Waals surface area contributed by atoms with Gasteiger partial charge in [0.25, 0.3) is 0 Å². The van der Waals surface area contributed by atoms with Crippen LogP contribution in [0.25, 0.3) is 0 Å². The molecule has 1 amide bonds. The third-order valence-corrected chi connectivity index (χ3v) is 2.70. The van der Waals surface area contributed by atoms with Crippen LogP contribution in [0.5, 0.6) is 0 Å². The van der Waals surface area contributed by atoms with Crippen molar-refractivity contribution in [1.82, 2.24) is 5.32 Å². The van der Waals surface area contributed by atoms with E-state index in [1.165, 1.54) is 12.1 Å². The van der Waals surface area contributed by atoms with Gasteiger partial charge in [0.1, 0.15) is 5.60 Å². The number of rotatable bonds is 4. The van der Waals surface area contributed by atoms with Crippen LogP contribution in [0.4, 0.5) is 22.4 Å². The fourth-order valence-electron chi connectivity index (χ4n) is 1.76. The number of carbonyl (C=O) groups is 1. The first-order valence-electron chi connectivity index (χ1n) is 6.92. The van der Waals surface area contributed by atoms with Gasteiger partial charge in [-0.3, -0.25) is 0 Å². The van der Waals surface area contributed by atoms with Crippen molar-refractivity contribution in [2.75, 3.05) is 6.54 Å². The van der Waals surface area contributed by atoms with E-state index in [9.17, 15) is 22.4 Å². The summed E-state index contributed by atoms with van der Waals surface area (Å²) in [5.74, 6) is 0. The lowest BCUT2D eigenvalue weighted by Crippen LogP contribution is -2.33. The molecule has 1 aromatic rings. The van der Waals surface area contributed by atoms with Crippen LogP contribution in [-0.2, 0) is 17.3 Å². The minimum Gasteiger partial charge on any atom is -0.444 e. The Hall–Kier alpha value is -2.05. The Kier molecular flexibility index (Phi) is 6.18. The molecule has 3 nitrogen and oxygen atoms in total. The summed E-state index contributed by atoms with van der Waals surface area (Å²) >= 11 is 0. The van der Waals surface area contributed by atoms with Crippen LogP contribution in [0.15, 0.2) is 36.2 Å². The molecule has 0 atom stereocenters. The summed E-state index contributed by atoms with van der Waals surface area (Å²) in [6.45, 7) is 4.89. The second-order valence-electron chi connectivity index (χ2n) is 6.00. The zero-order valence-electron chi connectivity index (χ0n) is 13.1. The average Bonchev–Trinajstić information content (AvgIpc) is 2.41. The van der Waals surface area contributed by atoms with Crippen molar-refractivity contribution in [2.45, 2.75) is 39.0 Å². The van der Waals surface area contributed by atoms with Gasteiger partial charge in [0.2, 0.25) is 0 Å². The molecule has 128 valence electrons. The zero-order valence-corrected chi connectivity index (χ0v) is 13.1. The fourth-order valence-corrected chi connectivity index (χ4v) is 1.76. The summed E-state index contributed by atoms with van der Waals surface area (Å²) in [5, 5.41) is 2.36. The predicted octanol–water partition coefficient (Wildman–Crippen LogP) is 4.63. The molecule has 0 aliphatic rings. The van der Waals surface area contributed by atoms with Gasteiger partial charge in [-0.15, -0.1) is 0 Å². The Morgan fingerprint density at radius 3 is 2.43 bits per heavy atom. The number of carbonyl (C=O) groups excluding carboxylic acids is 1. The first-order valence-corrected chi connectivity index (χ1v) is 6.92.